The first-order chi connectivity index (χ1) is 7.58. The largest absolute Gasteiger partial charge is 0.497 e. The molecule has 0 amide bonds. The highest BCUT2D eigenvalue weighted by atomic mass is 19.1. The van der Waals surface area contributed by atoms with Gasteiger partial charge in [0.25, 0.3) is 0 Å². The average molecular weight is 227 g/mol. The van der Waals surface area contributed by atoms with E-state index in [9.17, 15) is 9.18 Å². The highest BCUT2D eigenvalue weighted by Crippen LogP contribution is 2.25. The minimum Gasteiger partial charge on any atom is -0.497 e. The van der Waals surface area contributed by atoms with Gasteiger partial charge in [0.15, 0.2) is 0 Å². The van der Waals surface area contributed by atoms with E-state index in [4.69, 9.17) is 15.6 Å². The maximum atomic E-state index is 13.6. The third-order valence-corrected chi connectivity index (χ3v) is 2.35. The van der Waals surface area contributed by atoms with Crippen LogP contribution < -0.4 is 10.5 Å². The van der Waals surface area contributed by atoms with E-state index < -0.39 is 17.7 Å². The second-order valence-electron chi connectivity index (χ2n) is 3.42. The SMILES string of the molecule is COc1ccc(C(CN)CC(=O)O)c(F)c1. The number of carboxylic acids is 1. The van der Waals surface area contributed by atoms with Gasteiger partial charge in [-0.15, -0.1) is 0 Å². The molecule has 1 atom stereocenters. The van der Waals surface area contributed by atoms with Crippen LogP contribution in [0.1, 0.15) is 17.9 Å². The maximum absolute atomic E-state index is 13.6. The zero-order valence-corrected chi connectivity index (χ0v) is 8.94. The van der Waals surface area contributed by atoms with Gasteiger partial charge in [0.2, 0.25) is 0 Å². The Morgan fingerprint density at radius 3 is 2.75 bits per heavy atom. The van der Waals surface area contributed by atoms with Crippen LogP contribution in [-0.2, 0) is 4.79 Å². The van der Waals surface area contributed by atoms with Gasteiger partial charge in [0, 0.05) is 12.0 Å². The summed E-state index contributed by atoms with van der Waals surface area (Å²) in [5, 5.41) is 8.67. The van der Waals surface area contributed by atoms with E-state index in [0.717, 1.165) is 0 Å². The Kier molecular flexibility index (Phi) is 4.25. The maximum Gasteiger partial charge on any atom is 0.304 e. The molecular weight excluding hydrogens is 213 g/mol. The molecule has 1 aromatic rings. The molecule has 0 aliphatic carbocycles. The lowest BCUT2D eigenvalue weighted by Gasteiger charge is -2.14. The van der Waals surface area contributed by atoms with Crippen LogP contribution in [0.3, 0.4) is 0 Å². The van der Waals surface area contributed by atoms with Crippen molar-refractivity contribution in [2.24, 2.45) is 5.73 Å². The number of hydrogen-bond donors (Lipinski definition) is 2. The molecule has 0 radical (unpaired) electrons. The molecule has 0 spiro atoms. The standard InChI is InChI=1S/C11H14FNO3/c1-16-8-2-3-9(10(12)5-8)7(6-13)4-11(14)15/h2-3,5,7H,4,6,13H2,1H3,(H,14,15). The first kappa shape index (κ1) is 12.4. The van der Waals surface area contributed by atoms with Gasteiger partial charge in [-0.3, -0.25) is 4.79 Å². The molecule has 3 N–H and O–H groups in total. The topological polar surface area (TPSA) is 72.5 Å². The summed E-state index contributed by atoms with van der Waals surface area (Å²) in [5.74, 6) is -1.60. The normalized spacial score (nSPS) is 12.2. The fourth-order valence-electron chi connectivity index (χ4n) is 1.50. The molecule has 0 saturated heterocycles. The smallest absolute Gasteiger partial charge is 0.304 e. The second kappa shape index (κ2) is 5.46. The van der Waals surface area contributed by atoms with Crippen molar-refractivity contribution in [3.05, 3.63) is 29.6 Å². The molecule has 0 aliphatic rings. The molecule has 0 aliphatic heterocycles. The van der Waals surface area contributed by atoms with E-state index in [0.29, 0.717) is 11.3 Å². The molecule has 1 rings (SSSR count). The van der Waals surface area contributed by atoms with Crippen LogP contribution in [0.2, 0.25) is 0 Å². The van der Waals surface area contributed by atoms with Crippen molar-refractivity contribution in [2.45, 2.75) is 12.3 Å². The number of halogens is 1. The highest BCUT2D eigenvalue weighted by Gasteiger charge is 2.17. The van der Waals surface area contributed by atoms with Gasteiger partial charge < -0.3 is 15.6 Å². The fourth-order valence-corrected chi connectivity index (χ4v) is 1.50. The zero-order valence-electron chi connectivity index (χ0n) is 8.94. The van der Waals surface area contributed by atoms with Crippen molar-refractivity contribution in [2.75, 3.05) is 13.7 Å². The van der Waals surface area contributed by atoms with E-state index in [2.05, 4.69) is 0 Å². The number of aliphatic carboxylic acids is 1. The predicted octanol–water partition coefficient (Wildman–Crippen LogP) is 1.35. The molecule has 1 aromatic carbocycles. The number of carbonyl (C=O) groups is 1. The highest BCUT2D eigenvalue weighted by molar-refractivity contribution is 5.68. The minimum absolute atomic E-state index is 0.0928. The Labute approximate surface area is 92.8 Å². The Morgan fingerprint density at radius 1 is 1.62 bits per heavy atom. The van der Waals surface area contributed by atoms with Gasteiger partial charge in [-0.05, 0) is 18.2 Å². The van der Waals surface area contributed by atoms with Crippen molar-refractivity contribution >= 4 is 5.97 Å². The van der Waals surface area contributed by atoms with E-state index in [1.54, 1.807) is 6.07 Å². The molecule has 88 valence electrons. The monoisotopic (exact) mass is 227 g/mol. The minimum atomic E-state index is -0.995. The summed E-state index contributed by atoms with van der Waals surface area (Å²) in [6.07, 6.45) is -0.181. The van der Waals surface area contributed by atoms with E-state index in [1.165, 1.54) is 19.2 Å². The lowest BCUT2D eigenvalue weighted by molar-refractivity contribution is -0.137. The van der Waals surface area contributed by atoms with Crippen molar-refractivity contribution < 1.29 is 19.0 Å². The van der Waals surface area contributed by atoms with Crippen LogP contribution in [0.15, 0.2) is 18.2 Å². The Balaban J connectivity index is 2.96. The van der Waals surface area contributed by atoms with Crippen LogP contribution in [0.25, 0.3) is 0 Å². The summed E-state index contributed by atoms with van der Waals surface area (Å²) in [6.45, 7) is 0.0928. The van der Waals surface area contributed by atoms with Crippen LogP contribution >= 0.6 is 0 Å². The van der Waals surface area contributed by atoms with Crippen molar-refractivity contribution in [1.82, 2.24) is 0 Å². The van der Waals surface area contributed by atoms with Gasteiger partial charge in [-0.2, -0.15) is 0 Å². The molecule has 5 heteroatoms. The first-order valence-electron chi connectivity index (χ1n) is 4.83. The number of hydrogen-bond acceptors (Lipinski definition) is 3. The summed E-state index contributed by atoms with van der Waals surface area (Å²) in [4.78, 5) is 10.6. The molecular formula is C11H14FNO3. The second-order valence-corrected chi connectivity index (χ2v) is 3.42. The Hall–Kier alpha value is -1.62. The molecule has 0 heterocycles. The molecule has 0 saturated carbocycles. The number of benzene rings is 1. The lowest BCUT2D eigenvalue weighted by Crippen LogP contribution is -2.17. The average Bonchev–Trinajstić information content (AvgIpc) is 2.25. The van der Waals surface area contributed by atoms with Crippen molar-refractivity contribution in [3.63, 3.8) is 0 Å². The molecule has 1 unspecified atom stereocenters. The number of ether oxygens (including phenoxy) is 1. The lowest BCUT2D eigenvalue weighted by atomic mass is 9.95. The van der Waals surface area contributed by atoms with E-state index in [1.807, 2.05) is 0 Å². The zero-order chi connectivity index (χ0) is 12.1. The van der Waals surface area contributed by atoms with Gasteiger partial charge >= 0.3 is 5.97 Å². The molecule has 16 heavy (non-hydrogen) atoms. The van der Waals surface area contributed by atoms with Crippen molar-refractivity contribution in [1.29, 1.82) is 0 Å². The summed E-state index contributed by atoms with van der Waals surface area (Å²) in [6, 6.07) is 4.32. The van der Waals surface area contributed by atoms with Crippen molar-refractivity contribution in [3.8, 4) is 5.75 Å². The third-order valence-electron chi connectivity index (χ3n) is 2.35. The van der Waals surface area contributed by atoms with Crippen LogP contribution in [-0.4, -0.2) is 24.7 Å². The molecule has 0 bridgehead atoms. The third kappa shape index (κ3) is 2.93. The number of carboxylic acid groups (broad SMARTS) is 1. The summed E-state index contributed by atoms with van der Waals surface area (Å²) in [7, 11) is 1.44. The molecule has 4 nitrogen and oxygen atoms in total. The summed E-state index contributed by atoms with van der Waals surface area (Å²) >= 11 is 0. The van der Waals surface area contributed by atoms with Gasteiger partial charge in [-0.25, -0.2) is 4.39 Å². The van der Waals surface area contributed by atoms with Gasteiger partial charge in [0.1, 0.15) is 11.6 Å². The summed E-state index contributed by atoms with van der Waals surface area (Å²) < 4.78 is 18.5. The summed E-state index contributed by atoms with van der Waals surface area (Å²) in [5.41, 5.74) is 5.74. The number of nitrogens with two attached hydrogens (primary N) is 1. The Bertz CT molecular complexity index is 381. The number of rotatable bonds is 5. The van der Waals surface area contributed by atoms with E-state index >= 15 is 0 Å². The van der Waals surface area contributed by atoms with Gasteiger partial charge in [-0.1, -0.05) is 6.07 Å². The molecule has 0 aromatic heterocycles. The van der Waals surface area contributed by atoms with E-state index in [-0.39, 0.29) is 13.0 Å². The number of methoxy groups -OCH3 is 1. The quantitative estimate of drug-likeness (QED) is 0.796. The van der Waals surface area contributed by atoms with Crippen LogP contribution in [0.4, 0.5) is 4.39 Å². The van der Waals surface area contributed by atoms with Crippen LogP contribution in [0, 0.1) is 5.82 Å². The predicted molar refractivity (Wildman–Crippen MR) is 57.0 cm³/mol. The fraction of sp³-hybridized carbons (Fsp3) is 0.364. The van der Waals surface area contributed by atoms with Crippen LogP contribution in [0.5, 0.6) is 5.75 Å². The Morgan fingerprint density at radius 2 is 2.31 bits per heavy atom. The van der Waals surface area contributed by atoms with Gasteiger partial charge in [0.05, 0.1) is 13.5 Å². The first-order valence-corrected chi connectivity index (χ1v) is 4.83. The molecule has 0 fully saturated rings.